The van der Waals surface area contributed by atoms with E-state index in [4.69, 9.17) is 11.6 Å². The number of sulfone groups is 1. The molecule has 10 heteroatoms. The first-order chi connectivity index (χ1) is 14.1. The average molecular weight is 452 g/mol. The van der Waals surface area contributed by atoms with Crippen molar-refractivity contribution in [3.8, 4) is 0 Å². The highest BCUT2D eigenvalue weighted by Gasteiger charge is 2.33. The van der Waals surface area contributed by atoms with Crippen LogP contribution in [0, 0.1) is 0 Å². The highest BCUT2D eigenvalue weighted by atomic mass is 35.5. The van der Waals surface area contributed by atoms with E-state index in [1.165, 1.54) is 19.1 Å². The second-order valence-corrected chi connectivity index (χ2v) is 9.13. The number of nitrogens with one attached hydrogen (secondary N) is 3. The van der Waals surface area contributed by atoms with E-state index in [1.54, 1.807) is 43.3 Å². The topological polar surface area (TPSA) is 121 Å². The van der Waals surface area contributed by atoms with Gasteiger partial charge in [0.25, 0.3) is 0 Å². The number of hydrogen-bond donors (Lipinski definition) is 3. The fourth-order valence-corrected chi connectivity index (χ4v) is 4.34. The molecule has 0 heterocycles. The fourth-order valence-electron chi connectivity index (χ4n) is 2.68. The van der Waals surface area contributed by atoms with Gasteiger partial charge in [-0.2, -0.15) is 0 Å². The molecular formula is C20H22ClN3O5S. The number of hydrogen-bond acceptors (Lipinski definition) is 5. The molecule has 0 radical (unpaired) electrons. The van der Waals surface area contributed by atoms with Gasteiger partial charge < -0.3 is 16.0 Å². The van der Waals surface area contributed by atoms with Crippen LogP contribution in [0.4, 0.5) is 17.1 Å². The predicted molar refractivity (Wildman–Crippen MR) is 117 cm³/mol. The van der Waals surface area contributed by atoms with Crippen LogP contribution in [0.3, 0.4) is 0 Å². The number of rotatable bonds is 8. The minimum atomic E-state index is -4.05. The lowest BCUT2D eigenvalue weighted by molar-refractivity contribution is -0.116. The second-order valence-electron chi connectivity index (χ2n) is 6.51. The maximum atomic E-state index is 12.6. The minimum Gasteiger partial charge on any atom is -0.326 e. The maximum absolute atomic E-state index is 12.6. The third-order valence-corrected chi connectivity index (χ3v) is 6.36. The molecule has 2 rings (SSSR count). The van der Waals surface area contributed by atoms with Crippen LogP contribution >= 0.6 is 11.6 Å². The summed E-state index contributed by atoms with van der Waals surface area (Å²) >= 11 is 5.78. The second kappa shape index (κ2) is 10.2. The Hall–Kier alpha value is -2.91. The van der Waals surface area contributed by atoms with Crippen molar-refractivity contribution in [3.63, 3.8) is 0 Å². The zero-order chi connectivity index (χ0) is 22.3. The molecule has 30 heavy (non-hydrogen) atoms. The third kappa shape index (κ3) is 6.85. The van der Waals surface area contributed by atoms with Crippen LogP contribution < -0.4 is 16.0 Å². The lowest BCUT2D eigenvalue weighted by Gasteiger charge is -2.16. The molecule has 1 unspecified atom stereocenters. The molecule has 0 aliphatic heterocycles. The lowest BCUT2D eigenvalue weighted by atomic mass is 10.2. The first-order valence-corrected chi connectivity index (χ1v) is 11.2. The van der Waals surface area contributed by atoms with Crippen LogP contribution in [0.5, 0.6) is 0 Å². The van der Waals surface area contributed by atoms with E-state index in [9.17, 15) is 22.8 Å². The van der Waals surface area contributed by atoms with Gasteiger partial charge in [0.15, 0.2) is 9.84 Å². The quantitative estimate of drug-likeness (QED) is 0.569. The van der Waals surface area contributed by atoms with E-state index >= 15 is 0 Å². The first kappa shape index (κ1) is 23.4. The Morgan fingerprint density at radius 2 is 1.33 bits per heavy atom. The SMILES string of the molecule is CCC(C(=O)Nc1ccc(NC(C)=O)cc1)S(=O)(=O)CC(=O)Nc1ccc(Cl)cc1. The number of carbonyl (C=O) groups excluding carboxylic acids is 3. The lowest BCUT2D eigenvalue weighted by Crippen LogP contribution is -2.39. The number of anilines is 3. The number of halogens is 1. The summed E-state index contributed by atoms with van der Waals surface area (Å²) < 4.78 is 25.3. The summed E-state index contributed by atoms with van der Waals surface area (Å²) in [6.45, 7) is 2.92. The van der Waals surface area contributed by atoms with Crippen molar-refractivity contribution in [1.29, 1.82) is 0 Å². The third-order valence-electron chi connectivity index (χ3n) is 4.03. The molecule has 0 aromatic heterocycles. The van der Waals surface area contributed by atoms with Crippen molar-refractivity contribution < 1.29 is 22.8 Å². The van der Waals surface area contributed by atoms with Gasteiger partial charge in [-0.1, -0.05) is 18.5 Å². The molecule has 0 spiro atoms. The Balaban J connectivity index is 2.02. The smallest absolute Gasteiger partial charge is 0.242 e. The molecule has 0 bridgehead atoms. The summed E-state index contributed by atoms with van der Waals surface area (Å²) in [6.07, 6.45) is 0.00632. The number of benzene rings is 2. The van der Waals surface area contributed by atoms with Crippen molar-refractivity contribution in [2.45, 2.75) is 25.5 Å². The number of amides is 3. The van der Waals surface area contributed by atoms with E-state index < -0.39 is 32.7 Å². The van der Waals surface area contributed by atoms with Gasteiger partial charge in [-0.05, 0) is 55.0 Å². The molecule has 0 aliphatic carbocycles. The molecular weight excluding hydrogens is 430 g/mol. The maximum Gasteiger partial charge on any atom is 0.242 e. The van der Waals surface area contributed by atoms with Crippen molar-refractivity contribution in [2.24, 2.45) is 0 Å². The van der Waals surface area contributed by atoms with Gasteiger partial charge in [0.1, 0.15) is 11.0 Å². The van der Waals surface area contributed by atoms with E-state index in [0.717, 1.165) is 0 Å². The zero-order valence-electron chi connectivity index (χ0n) is 16.4. The van der Waals surface area contributed by atoms with Crippen LogP contribution in [0.1, 0.15) is 20.3 Å². The van der Waals surface area contributed by atoms with Crippen LogP contribution in [0.25, 0.3) is 0 Å². The van der Waals surface area contributed by atoms with Crippen LogP contribution in [-0.4, -0.2) is 37.1 Å². The van der Waals surface area contributed by atoms with Gasteiger partial charge in [-0.25, -0.2) is 8.42 Å². The fraction of sp³-hybridized carbons (Fsp3) is 0.250. The standard InChI is InChI=1S/C20H22ClN3O5S/c1-3-18(20(27)24-17-10-8-15(9-11-17)22-13(2)25)30(28,29)12-19(26)23-16-6-4-14(21)5-7-16/h4-11,18H,3,12H2,1-2H3,(H,22,25)(H,23,26)(H,24,27). The van der Waals surface area contributed by atoms with Gasteiger partial charge in [0.2, 0.25) is 17.7 Å². The molecule has 1 atom stereocenters. The molecule has 0 saturated heterocycles. The van der Waals surface area contributed by atoms with Gasteiger partial charge in [-0.3, -0.25) is 14.4 Å². The number of carbonyl (C=O) groups is 3. The molecule has 3 N–H and O–H groups in total. The van der Waals surface area contributed by atoms with Gasteiger partial charge in [0, 0.05) is 29.0 Å². The van der Waals surface area contributed by atoms with Crippen molar-refractivity contribution in [3.05, 3.63) is 53.6 Å². The average Bonchev–Trinajstić information content (AvgIpc) is 2.64. The van der Waals surface area contributed by atoms with E-state index in [2.05, 4.69) is 16.0 Å². The molecule has 3 amide bonds. The summed E-state index contributed by atoms with van der Waals surface area (Å²) in [5.74, 6) is -2.55. The summed E-state index contributed by atoms with van der Waals surface area (Å²) in [5, 5.41) is 6.69. The van der Waals surface area contributed by atoms with Crippen LogP contribution in [0.2, 0.25) is 5.02 Å². The predicted octanol–water partition coefficient (Wildman–Crippen LogP) is 3.07. The molecule has 0 fully saturated rings. The highest BCUT2D eigenvalue weighted by Crippen LogP contribution is 2.17. The molecule has 2 aromatic carbocycles. The van der Waals surface area contributed by atoms with Crippen molar-refractivity contribution in [2.75, 3.05) is 21.7 Å². The Morgan fingerprint density at radius 1 is 0.867 bits per heavy atom. The summed E-state index contributed by atoms with van der Waals surface area (Å²) in [5.41, 5.74) is 1.31. The largest absolute Gasteiger partial charge is 0.326 e. The van der Waals surface area contributed by atoms with Gasteiger partial charge in [-0.15, -0.1) is 0 Å². The molecule has 2 aromatic rings. The monoisotopic (exact) mass is 451 g/mol. The highest BCUT2D eigenvalue weighted by molar-refractivity contribution is 7.93. The van der Waals surface area contributed by atoms with E-state index in [-0.39, 0.29) is 12.3 Å². The molecule has 160 valence electrons. The molecule has 8 nitrogen and oxygen atoms in total. The van der Waals surface area contributed by atoms with Crippen LogP contribution in [0.15, 0.2) is 48.5 Å². The van der Waals surface area contributed by atoms with E-state index in [1.807, 2.05) is 0 Å². The Morgan fingerprint density at radius 3 is 1.83 bits per heavy atom. The Kier molecular flexibility index (Phi) is 7.96. The minimum absolute atomic E-state index is 0.00632. The van der Waals surface area contributed by atoms with Gasteiger partial charge in [0.05, 0.1) is 0 Å². The normalized spacial score (nSPS) is 12.0. The Labute approximate surface area is 179 Å². The summed E-state index contributed by atoms with van der Waals surface area (Å²) in [7, 11) is -4.05. The zero-order valence-corrected chi connectivity index (χ0v) is 18.0. The van der Waals surface area contributed by atoms with Crippen LogP contribution in [-0.2, 0) is 24.2 Å². The Bertz CT molecular complexity index is 1020. The van der Waals surface area contributed by atoms with Crippen molar-refractivity contribution >= 4 is 56.2 Å². The molecule has 0 saturated carbocycles. The molecule has 0 aliphatic rings. The van der Waals surface area contributed by atoms with Gasteiger partial charge >= 0.3 is 0 Å². The summed E-state index contributed by atoms with van der Waals surface area (Å²) in [6, 6.07) is 12.4. The van der Waals surface area contributed by atoms with E-state index in [0.29, 0.717) is 22.1 Å². The van der Waals surface area contributed by atoms with Crippen molar-refractivity contribution in [1.82, 2.24) is 0 Å². The summed E-state index contributed by atoms with van der Waals surface area (Å²) in [4.78, 5) is 35.7. The first-order valence-electron chi connectivity index (χ1n) is 9.06.